The topological polar surface area (TPSA) is 72.8 Å². The van der Waals surface area contributed by atoms with Crippen LogP contribution >= 0.6 is 0 Å². The third-order valence-corrected chi connectivity index (χ3v) is 3.57. The van der Waals surface area contributed by atoms with Crippen molar-refractivity contribution < 1.29 is 22.4 Å². The first-order chi connectivity index (χ1) is 8.95. The Hall–Kier alpha value is -1.21. The Bertz CT molecular complexity index is 492. The van der Waals surface area contributed by atoms with Crippen molar-refractivity contribution in [2.75, 3.05) is 19.8 Å². The van der Waals surface area contributed by atoms with Crippen LogP contribution in [0.3, 0.4) is 0 Å². The highest BCUT2D eigenvalue weighted by molar-refractivity contribution is 7.86. The predicted octanol–water partition coefficient (Wildman–Crippen LogP) is 1.26. The third kappa shape index (κ3) is 5.52. The molecule has 6 heteroatoms. The first-order valence-electron chi connectivity index (χ1n) is 5.78. The van der Waals surface area contributed by atoms with Gasteiger partial charge in [0.25, 0.3) is 10.1 Å². The fourth-order valence-corrected chi connectivity index (χ4v) is 2.22. The Morgan fingerprint density at radius 3 is 2.53 bits per heavy atom. The molecule has 0 heterocycles. The highest BCUT2D eigenvalue weighted by atomic mass is 32.2. The standard InChI is InChI=1S/C13H18O5S/c1-3-8-17-9-12(14)10-18-19(15,16)13-6-4-11(2)5-7-13/h3-7,12,14H,1,8-10H2,2H3. The minimum absolute atomic E-state index is 0.00453. The van der Waals surface area contributed by atoms with Gasteiger partial charge in [-0.25, -0.2) is 0 Å². The van der Waals surface area contributed by atoms with E-state index in [9.17, 15) is 13.5 Å². The van der Waals surface area contributed by atoms with E-state index in [0.717, 1.165) is 5.56 Å². The van der Waals surface area contributed by atoms with Crippen LogP contribution in [0.1, 0.15) is 5.56 Å². The normalized spacial score (nSPS) is 13.2. The Kier molecular flexibility index (Phi) is 6.17. The van der Waals surface area contributed by atoms with E-state index in [-0.39, 0.29) is 18.1 Å². The fraction of sp³-hybridized carbons (Fsp3) is 0.385. The molecule has 1 aromatic rings. The lowest BCUT2D eigenvalue weighted by Crippen LogP contribution is -2.24. The summed E-state index contributed by atoms with van der Waals surface area (Å²) in [5, 5.41) is 9.48. The van der Waals surface area contributed by atoms with E-state index in [4.69, 9.17) is 8.92 Å². The molecule has 0 radical (unpaired) electrons. The van der Waals surface area contributed by atoms with Crippen molar-refractivity contribution in [2.45, 2.75) is 17.9 Å². The summed E-state index contributed by atoms with van der Waals surface area (Å²) in [6, 6.07) is 6.29. The lowest BCUT2D eigenvalue weighted by molar-refractivity contribution is 0.0228. The Morgan fingerprint density at radius 2 is 1.95 bits per heavy atom. The molecule has 5 nitrogen and oxygen atoms in total. The second-order valence-corrected chi connectivity index (χ2v) is 5.65. The molecule has 0 fully saturated rings. The molecule has 0 bridgehead atoms. The van der Waals surface area contributed by atoms with Crippen LogP contribution in [-0.4, -0.2) is 39.4 Å². The molecule has 19 heavy (non-hydrogen) atoms. The summed E-state index contributed by atoms with van der Waals surface area (Å²) in [5.74, 6) is 0. The van der Waals surface area contributed by atoms with Crippen LogP contribution in [0.25, 0.3) is 0 Å². The maximum Gasteiger partial charge on any atom is 0.297 e. The first-order valence-corrected chi connectivity index (χ1v) is 7.19. The van der Waals surface area contributed by atoms with E-state index in [1.54, 1.807) is 12.1 Å². The zero-order valence-electron chi connectivity index (χ0n) is 10.8. The van der Waals surface area contributed by atoms with Crippen LogP contribution < -0.4 is 0 Å². The highest BCUT2D eigenvalue weighted by Gasteiger charge is 2.17. The number of rotatable bonds is 8. The molecule has 1 atom stereocenters. The number of aliphatic hydroxyl groups is 1. The number of hydrogen-bond donors (Lipinski definition) is 1. The molecule has 0 aromatic heterocycles. The van der Waals surface area contributed by atoms with Gasteiger partial charge >= 0.3 is 0 Å². The van der Waals surface area contributed by atoms with Crippen molar-refractivity contribution in [1.82, 2.24) is 0 Å². The molecule has 1 aromatic carbocycles. The molecule has 0 amide bonds. The van der Waals surface area contributed by atoms with Gasteiger partial charge in [-0.15, -0.1) is 6.58 Å². The summed E-state index contributed by atoms with van der Waals surface area (Å²) < 4.78 is 33.3. The van der Waals surface area contributed by atoms with Crippen molar-refractivity contribution >= 4 is 10.1 Å². The van der Waals surface area contributed by atoms with Gasteiger partial charge in [-0.2, -0.15) is 8.42 Å². The Balaban J connectivity index is 2.51. The van der Waals surface area contributed by atoms with Crippen LogP contribution in [0.2, 0.25) is 0 Å². The molecular weight excluding hydrogens is 268 g/mol. The first kappa shape index (κ1) is 15.8. The maximum atomic E-state index is 11.8. The molecular formula is C13H18O5S. The van der Waals surface area contributed by atoms with Gasteiger partial charge < -0.3 is 9.84 Å². The fourth-order valence-electron chi connectivity index (χ4n) is 1.28. The van der Waals surface area contributed by atoms with Crippen LogP contribution in [0.15, 0.2) is 41.8 Å². The smallest absolute Gasteiger partial charge is 0.297 e. The van der Waals surface area contributed by atoms with Gasteiger partial charge in [0.2, 0.25) is 0 Å². The molecule has 0 aliphatic rings. The van der Waals surface area contributed by atoms with E-state index in [1.807, 2.05) is 6.92 Å². The quantitative estimate of drug-likeness (QED) is 0.442. The van der Waals surface area contributed by atoms with Gasteiger partial charge in [-0.1, -0.05) is 23.8 Å². The van der Waals surface area contributed by atoms with Crippen molar-refractivity contribution in [3.63, 3.8) is 0 Å². The largest absolute Gasteiger partial charge is 0.388 e. The van der Waals surface area contributed by atoms with Gasteiger partial charge in [0.05, 0.1) is 24.7 Å². The molecule has 0 spiro atoms. The second kappa shape index (κ2) is 7.40. The summed E-state index contributed by atoms with van der Waals surface area (Å²) in [7, 11) is -3.84. The predicted molar refractivity (Wildman–Crippen MR) is 71.3 cm³/mol. The monoisotopic (exact) mass is 286 g/mol. The van der Waals surface area contributed by atoms with Crippen molar-refractivity contribution in [1.29, 1.82) is 0 Å². The summed E-state index contributed by atoms with van der Waals surface area (Å²) in [4.78, 5) is 0.0670. The zero-order valence-corrected chi connectivity index (χ0v) is 11.6. The average molecular weight is 286 g/mol. The summed E-state index contributed by atoms with van der Waals surface area (Å²) in [6.45, 7) is 5.26. The van der Waals surface area contributed by atoms with Gasteiger partial charge in [-0.3, -0.25) is 4.18 Å². The lowest BCUT2D eigenvalue weighted by atomic mass is 10.2. The minimum atomic E-state index is -3.84. The molecule has 1 N–H and O–H groups in total. The van der Waals surface area contributed by atoms with Crippen LogP contribution in [0.5, 0.6) is 0 Å². The lowest BCUT2D eigenvalue weighted by Gasteiger charge is -2.11. The summed E-state index contributed by atoms with van der Waals surface area (Å²) >= 11 is 0. The Morgan fingerprint density at radius 1 is 1.32 bits per heavy atom. The summed E-state index contributed by atoms with van der Waals surface area (Å²) in [6.07, 6.45) is 0.538. The number of hydrogen-bond acceptors (Lipinski definition) is 5. The van der Waals surface area contributed by atoms with Crippen LogP contribution in [0.4, 0.5) is 0 Å². The van der Waals surface area contributed by atoms with Crippen LogP contribution in [-0.2, 0) is 19.0 Å². The number of benzene rings is 1. The maximum absolute atomic E-state index is 11.8. The van der Waals surface area contributed by atoms with E-state index in [1.165, 1.54) is 18.2 Å². The van der Waals surface area contributed by atoms with Crippen molar-refractivity contribution in [2.24, 2.45) is 0 Å². The minimum Gasteiger partial charge on any atom is -0.388 e. The van der Waals surface area contributed by atoms with Gasteiger partial charge in [0.1, 0.15) is 6.10 Å². The second-order valence-electron chi connectivity index (χ2n) is 4.03. The molecule has 1 rings (SSSR count). The van der Waals surface area contributed by atoms with E-state index >= 15 is 0 Å². The Labute approximate surface area is 113 Å². The van der Waals surface area contributed by atoms with E-state index in [0.29, 0.717) is 6.61 Å². The number of ether oxygens (including phenoxy) is 1. The van der Waals surface area contributed by atoms with E-state index in [2.05, 4.69) is 6.58 Å². The number of aliphatic hydroxyl groups excluding tert-OH is 1. The van der Waals surface area contributed by atoms with Crippen molar-refractivity contribution in [3.8, 4) is 0 Å². The molecule has 106 valence electrons. The summed E-state index contributed by atoms with van der Waals surface area (Å²) in [5.41, 5.74) is 0.955. The zero-order chi connectivity index (χ0) is 14.3. The highest BCUT2D eigenvalue weighted by Crippen LogP contribution is 2.13. The number of aryl methyl sites for hydroxylation is 1. The van der Waals surface area contributed by atoms with Gasteiger partial charge in [-0.05, 0) is 19.1 Å². The van der Waals surface area contributed by atoms with Gasteiger partial charge in [0.15, 0.2) is 0 Å². The molecule has 0 saturated carbocycles. The van der Waals surface area contributed by atoms with Gasteiger partial charge in [0, 0.05) is 0 Å². The average Bonchev–Trinajstić information content (AvgIpc) is 2.37. The molecule has 0 saturated heterocycles. The molecule has 0 aliphatic carbocycles. The molecule has 1 unspecified atom stereocenters. The SMILES string of the molecule is C=CCOCC(O)COS(=O)(=O)c1ccc(C)cc1. The van der Waals surface area contributed by atoms with E-state index < -0.39 is 16.2 Å². The van der Waals surface area contributed by atoms with Crippen LogP contribution in [0, 0.1) is 6.92 Å². The third-order valence-electron chi connectivity index (χ3n) is 2.27. The van der Waals surface area contributed by atoms with Crippen molar-refractivity contribution in [3.05, 3.63) is 42.5 Å². The molecule has 0 aliphatic heterocycles.